The molecule has 4 rings (SSSR count). The number of urea groups is 1. The maximum Gasteiger partial charge on any atom is 0.319 e. The molecule has 0 unspecified atom stereocenters. The summed E-state index contributed by atoms with van der Waals surface area (Å²) in [6, 6.07) is 21.6. The van der Waals surface area contributed by atoms with Crippen LogP contribution in [0.4, 0.5) is 10.5 Å². The third-order valence-corrected chi connectivity index (χ3v) is 6.80. The summed E-state index contributed by atoms with van der Waals surface area (Å²) in [5, 5.41) is 16.0. The Morgan fingerprint density at radius 3 is 2.60 bits per heavy atom. The Balaban J connectivity index is 1.55. The maximum absolute atomic E-state index is 12.6. The van der Waals surface area contributed by atoms with E-state index < -0.39 is 0 Å². The van der Waals surface area contributed by atoms with Crippen molar-refractivity contribution in [3.63, 3.8) is 0 Å². The molecule has 2 N–H and O–H groups in total. The van der Waals surface area contributed by atoms with Gasteiger partial charge in [0.2, 0.25) is 0 Å². The van der Waals surface area contributed by atoms with Gasteiger partial charge in [0.1, 0.15) is 0 Å². The van der Waals surface area contributed by atoms with E-state index in [2.05, 4.69) is 58.9 Å². The van der Waals surface area contributed by atoms with E-state index in [0.717, 1.165) is 39.8 Å². The van der Waals surface area contributed by atoms with Gasteiger partial charge in [-0.25, -0.2) is 4.79 Å². The van der Waals surface area contributed by atoms with Crippen molar-refractivity contribution in [3.05, 3.63) is 99.8 Å². The van der Waals surface area contributed by atoms with Gasteiger partial charge in [0.05, 0.1) is 12.2 Å². The quantitative estimate of drug-likeness (QED) is 0.261. The lowest BCUT2D eigenvalue weighted by atomic mass is 10.1. The summed E-state index contributed by atoms with van der Waals surface area (Å²) in [4.78, 5) is 12.6. The molecular weight excluding hydrogens is 478 g/mol. The fourth-order valence-corrected chi connectivity index (χ4v) is 4.80. The van der Waals surface area contributed by atoms with Gasteiger partial charge in [-0.1, -0.05) is 78.3 Å². The fraction of sp³-hybridized carbons (Fsp3) is 0.222. The van der Waals surface area contributed by atoms with Gasteiger partial charge in [-0.05, 0) is 61.2 Å². The molecule has 0 aliphatic rings. The van der Waals surface area contributed by atoms with Gasteiger partial charge in [-0.2, -0.15) is 0 Å². The van der Waals surface area contributed by atoms with E-state index in [1.54, 1.807) is 11.8 Å². The second-order valence-electron chi connectivity index (χ2n) is 8.30. The molecule has 0 aliphatic carbocycles. The first-order valence-corrected chi connectivity index (χ1v) is 12.8. The van der Waals surface area contributed by atoms with Crippen LogP contribution in [-0.2, 0) is 18.7 Å². The molecule has 8 heteroatoms. The number of hydrogen-bond acceptors (Lipinski definition) is 4. The molecule has 0 aliphatic heterocycles. The topological polar surface area (TPSA) is 71.8 Å². The second-order valence-corrected chi connectivity index (χ2v) is 9.68. The van der Waals surface area contributed by atoms with Gasteiger partial charge in [-0.15, -0.1) is 10.2 Å². The zero-order chi connectivity index (χ0) is 24.8. The van der Waals surface area contributed by atoms with Crippen LogP contribution in [-0.4, -0.2) is 20.8 Å². The van der Waals surface area contributed by atoms with Gasteiger partial charge in [0, 0.05) is 16.5 Å². The van der Waals surface area contributed by atoms with E-state index in [0.29, 0.717) is 10.8 Å². The number of aromatic nitrogens is 3. The number of halogens is 1. The van der Waals surface area contributed by atoms with Crippen molar-refractivity contribution in [1.82, 2.24) is 20.1 Å². The van der Waals surface area contributed by atoms with Crippen molar-refractivity contribution in [2.24, 2.45) is 0 Å². The highest BCUT2D eigenvalue weighted by atomic mass is 35.5. The van der Waals surface area contributed by atoms with Crippen molar-refractivity contribution in [3.8, 4) is 5.69 Å². The van der Waals surface area contributed by atoms with Crippen LogP contribution in [0.2, 0.25) is 5.02 Å². The highest BCUT2D eigenvalue weighted by molar-refractivity contribution is 7.98. The summed E-state index contributed by atoms with van der Waals surface area (Å²) in [7, 11) is 0. The minimum Gasteiger partial charge on any atom is -0.331 e. The molecule has 0 saturated heterocycles. The van der Waals surface area contributed by atoms with Crippen molar-refractivity contribution in [1.29, 1.82) is 0 Å². The number of nitrogens with one attached hydrogen (secondary N) is 2. The number of carbonyl (C=O) groups excluding carboxylic acids is 1. The summed E-state index contributed by atoms with van der Waals surface area (Å²) in [5.41, 5.74) is 6.27. The van der Waals surface area contributed by atoms with E-state index in [-0.39, 0.29) is 12.6 Å². The van der Waals surface area contributed by atoms with Crippen LogP contribution in [0.1, 0.15) is 35.0 Å². The third kappa shape index (κ3) is 6.44. The lowest BCUT2D eigenvalue weighted by Crippen LogP contribution is -2.29. The molecule has 0 bridgehead atoms. The predicted molar refractivity (Wildman–Crippen MR) is 144 cm³/mol. The number of nitrogens with zero attached hydrogens (tertiary/aromatic N) is 3. The first-order valence-electron chi connectivity index (χ1n) is 11.5. The maximum atomic E-state index is 12.6. The number of carbonyl (C=O) groups is 1. The molecule has 1 heterocycles. The van der Waals surface area contributed by atoms with Gasteiger partial charge in [-0.3, -0.25) is 4.57 Å². The van der Waals surface area contributed by atoms with Crippen molar-refractivity contribution in [2.45, 2.75) is 44.6 Å². The highest BCUT2D eigenvalue weighted by Crippen LogP contribution is 2.28. The highest BCUT2D eigenvalue weighted by Gasteiger charge is 2.17. The van der Waals surface area contributed by atoms with Gasteiger partial charge in [0.25, 0.3) is 0 Å². The number of aryl methyl sites for hydroxylation is 3. The second kappa shape index (κ2) is 11.4. The number of amides is 2. The van der Waals surface area contributed by atoms with Gasteiger partial charge >= 0.3 is 6.03 Å². The molecule has 0 atom stereocenters. The number of thioether (sulfide) groups is 1. The fourth-order valence-electron chi connectivity index (χ4n) is 3.73. The van der Waals surface area contributed by atoms with Crippen LogP contribution in [0, 0.1) is 13.8 Å². The van der Waals surface area contributed by atoms with Crippen molar-refractivity contribution < 1.29 is 4.79 Å². The summed E-state index contributed by atoms with van der Waals surface area (Å²) in [5.74, 6) is 1.38. The molecule has 0 saturated carbocycles. The summed E-state index contributed by atoms with van der Waals surface area (Å²) < 4.78 is 1.97. The number of rotatable bonds is 8. The Labute approximate surface area is 215 Å². The number of anilines is 1. The Hall–Kier alpha value is -3.29. The average Bonchev–Trinajstić information content (AvgIpc) is 3.25. The van der Waals surface area contributed by atoms with Gasteiger partial charge < -0.3 is 10.6 Å². The standard InChI is InChI=1S/C27H28ClN5OS/c1-4-20-8-6-10-23(14-20)30-26(34)29-16-25-31-32-27(35-17-21-9-5-7-18(2)13-21)33(25)24-15-22(28)12-11-19(24)3/h5-15H,4,16-17H2,1-3H3,(H2,29,30,34). The molecular formula is C27H28ClN5OS. The van der Waals surface area contributed by atoms with E-state index in [1.165, 1.54) is 11.1 Å². The molecule has 0 radical (unpaired) electrons. The molecule has 6 nitrogen and oxygen atoms in total. The molecule has 4 aromatic rings. The van der Waals surface area contributed by atoms with Crippen molar-refractivity contribution in [2.75, 3.05) is 5.32 Å². The van der Waals surface area contributed by atoms with E-state index >= 15 is 0 Å². The third-order valence-electron chi connectivity index (χ3n) is 5.56. The van der Waals surface area contributed by atoms with Crippen LogP contribution < -0.4 is 10.6 Å². The van der Waals surface area contributed by atoms with E-state index in [1.807, 2.05) is 54.0 Å². The molecule has 35 heavy (non-hydrogen) atoms. The normalized spacial score (nSPS) is 10.9. The first kappa shape index (κ1) is 24.8. The Morgan fingerprint density at radius 2 is 1.80 bits per heavy atom. The summed E-state index contributed by atoms with van der Waals surface area (Å²) in [6.07, 6.45) is 0.905. The predicted octanol–water partition coefficient (Wildman–Crippen LogP) is 6.71. The van der Waals surface area contributed by atoms with Gasteiger partial charge in [0.15, 0.2) is 11.0 Å². The monoisotopic (exact) mass is 505 g/mol. The van der Waals surface area contributed by atoms with Crippen LogP contribution in [0.25, 0.3) is 5.69 Å². The smallest absolute Gasteiger partial charge is 0.319 e. The molecule has 2 amide bonds. The van der Waals surface area contributed by atoms with Crippen molar-refractivity contribution >= 4 is 35.1 Å². The van der Waals surface area contributed by atoms with Crippen LogP contribution in [0.3, 0.4) is 0 Å². The number of hydrogen-bond donors (Lipinski definition) is 2. The Kier molecular flexibility index (Phi) is 8.10. The van der Waals surface area contributed by atoms with E-state index in [9.17, 15) is 4.79 Å². The van der Waals surface area contributed by atoms with Crippen LogP contribution in [0.5, 0.6) is 0 Å². The summed E-state index contributed by atoms with van der Waals surface area (Å²) in [6.45, 7) is 6.40. The Bertz CT molecular complexity index is 1340. The first-order chi connectivity index (χ1) is 16.9. The molecule has 3 aromatic carbocycles. The minimum absolute atomic E-state index is 0.212. The van der Waals surface area contributed by atoms with Crippen LogP contribution >= 0.6 is 23.4 Å². The minimum atomic E-state index is -0.301. The lowest BCUT2D eigenvalue weighted by Gasteiger charge is -2.14. The molecule has 180 valence electrons. The molecule has 0 fully saturated rings. The molecule has 1 aromatic heterocycles. The number of benzene rings is 3. The average molecular weight is 506 g/mol. The zero-order valence-electron chi connectivity index (χ0n) is 20.0. The SMILES string of the molecule is CCc1cccc(NC(=O)NCc2nnc(SCc3cccc(C)c3)n2-c2cc(Cl)ccc2C)c1. The van der Waals surface area contributed by atoms with E-state index in [4.69, 9.17) is 11.6 Å². The largest absolute Gasteiger partial charge is 0.331 e. The zero-order valence-corrected chi connectivity index (χ0v) is 21.6. The van der Waals surface area contributed by atoms with Crippen LogP contribution in [0.15, 0.2) is 71.9 Å². The molecule has 0 spiro atoms. The Morgan fingerprint density at radius 1 is 1.00 bits per heavy atom. The lowest BCUT2D eigenvalue weighted by molar-refractivity contribution is 0.251. The summed E-state index contributed by atoms with van der Waals surface area (Å²) >= 11 is 7.93.